The second-order valence-corrected chi connectivity index (χ2v) is 4.49. The molecule has 0 fully saturated rings. The number of hydrogen-bond acceptors (Lipinski definition) is 3. The molecule has 0 aliphatic rings. The summed E-state index contributed by atoms with van der Waals surface area (Å²) in [5.74, 6) is 0.586. The lowest BCUT2D eigenvalue weighted by molar-refractivity contribution is 0.468. The first-order valence-corrected chi connectivity index (χ1v) is 5.88. The van der Waals surface area contributed by atoms with Gasteiger partial charge in [-0.15, -0.1) is 0 Å². The largest absolute Gasteiger partial charge is 0.508 e. The summed E-state index contributed by atoms with van der Waals surface area (Å²) in [6.07, 6.45) is 0. The molecule has 3 heteroatoms. The second kappa shape index (κ2) is 5.00. The summed E-state index contributed by atoms with van der Waals surface area (Å²) in [5.41, 5.74) is 3.73. The lowest BCUT2D eigenvalue weighted by Gasteiger charge is -2.10. The fourth-order valence-electron chi connectivity index (χ4n) is 1.82. The van der Waals surface area contributed by atoms with E-state index in [1.807, 2.05) is 38.1 Å². The fourth-order valence-corrected chi connectivity index (χ4v) is 1.82. The van der Waals surface area contributed by atoms with Crippen molar-refractivity contribution in [3.8, 4) is 11.5 Å². The molecule has 0 heterocycles. The Kier molecular flexibility index (Phi) is 3.42. The van der Waals surface area contributed by atoms with Crippen molar-refractivity contribution in [2.24, 2.45) is 0 Å². The maximum Gasteiger partial charge on any atom is 0.120 e. The molecule has 0 amide bonds. The van der Waals surface area contributed by atoms with Crippen LogP contribution in [0.4, 0.5) is 5.69 Å². The molecule has 0 bridgehead atoms. The van der Waals surface area contributed by atoms with Crippen LogP contribution in [-0.2, 0) is 6.54 Å². The molecule has 0 atom stereocenters. The Bertz CT molecular complexity index is 564. The molecule has 2 aromatic rings. The maximum atomic E-state index is 9.73. The van der Waals surface area contributed by atoms with Gasteiger partial charge in [0.15, 0.2) is 0 Å². The van der Waals surface area contributed by atoms with E-state index in [0.717, 1.165) is 22.4 Å². The van der Waals surface area contributed by atoms with Crippen molar-refractivity contribution in [1.82, 2.24) is 0 Å². The lowest BCUT2D eigenvalue weighted by atomic mass is 10.1. The summed E-state index contributed by atoms with van der Waals surface area (Å²) in [4.78, 5) is 0. The van der Waals surface area contributed by atoms with Gasteiger partial charge in [-0.1, -0.05) is 17.7 Å². The minimum Gasteiger partial charge on any atom is -0.508 e. The van der Waals surface area contributed by atoms with Gasteiger partial charge in [-0.25, -0.2) is 0 Å². The van der Waals surface area contributed by atoms with Crippen LogP contribution in [0.5, 0.6) is 11.5 Å². The molecule has 0 radical (unpaired) electrons. The second-order valence-electron chi connectivity index (χ2n) is 4.49. The first-order valence-electron chi connectivity index (χ1n) is 5.88. The normalized spacial score (nSPS) is 10.3. The number of anilines is 1. The summed E-state index contributed by atoms with van der Waals surface area (Å²) >= 11 is 0. The monoisotopic (exact) mass is 243 g/mol. The Morgan fingerprint density at radius 2 is 1.67 bits per heavy atom. The van der Waals surface area contributed by atoms with E-state index in [1.165, 1.54) is 0 Å². The summed E-state index contributed by atoms with van der Waals surface area (Å²) in [5, 5.41) is 22.4. The van der Waals surface area contributed by atoms with Crippen LogP contribution in [0.25, 0.3) is 0 Å². The molecular weight excluding hydrogens is 226 g/mol. The number of phenols is 2. The third-order valence-electron chi connectivity index (χ3n) is 2.91. The topological polar surface area (TPSA) is 52.5 Å². The number of phenolic OH excluding ortho intramolecular Hbond substituents is 2. The lowest BCUT2D eigenvalue weighted by Crippen LogP contribution is -2.00. The fraction of sp³-hybridized carbons (Fsp3) is 0.200. The van der Waals surface area contributed by atoms with Crippen molar-refractivity contribution >= 4 is 5.69 Å². The van der Waals surface area contributed by atoms with Crippen molar-refractivity contribution in [1.29, 1.82) is 0 Å². The zero-order valence-corrected chi connectivity index (χ0v) is 10.6. The van der Waals surface area contributed by atoms with E-state index in [-0.39, 0.29) is 0 Å². The molecular formula is C15H17NO2. The maximum absolute atomic E-state index is 9.73. The van der Waals surface area contributed by atoms with Gasteiger partial charge in [0.25, 0.3) is 0 Å². The van der Waals surface area contributed by atoms with Gasteiger partial charge >= 0.3 is 0 Å². The quantitative estimate of drug-likeness (QED) is 0.725. The van der Waals surface area contributed by atoms with Crippen LogP contribution in [0.15, 0.2) is 36.4 Å². The van der Waals surface area contributed by atoms with E-state index >= 15 is 0 Å². The zero-order chi connectivity index (χ0) is 13.1. The SMILES string of the molecule is Cc1ccc(O)c(CNc2ccc(O)c(C)c2)c1. The van der Waals surface area contributed by atoms with Crippen LogP contribution in [0, 0.1) is 13.8 Å². The summed E-state index contributed by atoms with van der Waals surface area (Å²) in [7, 11) is 0. The van der Waals surface area contributed by atoms with E-state index in [1.54, 1.807) is 12.1 Å². The summed E-state index contributed by atoms with van der Waals surface area (Å²) in [6.45, 7) is 4.40. The van der Waals surface area contributed by atoms with E-state index in [0.29, 0.717) is 18.0 Å². The van der Waals surface area contributed by atoms with E-state index in [4.69, 9.17) is 0 Å². The first-order chi connectivity index (χ1) is 8.56. The highest BCUT2D eigenvalue weighted by atomic mass is 16.3. The third kappa shape index (κ3) is 2.74. The van der Waals surface area contributed by atoms with Gasteiger partial charge in [-0.2, -0.15) is 0 Å². The smallest absolute Gasteiger partial charge is 0.120 e. The van der Waals surface area contributed by atoms with Crippen molar-refractivity contribution in [2.75, 3.05) is 5.32 Å². The molecule has 0 saturated heterocycles. The Morgan fingerprint density at radius 3 is 2.39 bits per heavy atom. The molecule has 2 aromatic carbocycles. The molecule has 3 nitrogen and oxygen atoms in total. The molecule has 0 aliphatic heterocycles. The molecule has 0 aliphatic carbocycles. The van der Waals surface area contributed by atoms with Gasteiger partial charge in [0, 0.05) is 17.8 Å². The van der Waals surface area contributed by atoms with Crippen LogP contribution in [0.2, 0.25) is 0 Å². The Balaban J connectivity index is 2.11. The van der Waals surface area contributed by atoms with Crippen molar-refractivity contribution in [2.45, 2.75) is 20.4 Å². The summed E-state index contributed by atoms with van der Waals surface area (Å²) in [6, 6.07) is 10.9. The van der Waals surface area contributed by atoms with Crippen molar-refractivity contribution in [3.05, 3.63) is 53.1 Å². The van der Waals surface area contributed by atoms with E-state index < -0.39 is 0 Å². The number of aromatic hydroxyl groups is 2. The predicted molar refractivity (Wildman–Crippen MR) is 73.0 cm³/mol. The standard InChI is InChI=1S/C15H17NO2/c1-10-3-5-15(18)12(7-10)9-16-13-4-6-14(17)11(2)8-13/h3-8,16-18H,9H2,1-2H3. The van der Waals surface area contributed by atoms with E-state index in [2.05, 4.69) is 5.32 Å². The van der Waals surface area contributed by atoms with Gasteiger partial charge in [-0.05, 0) is 43.7 Å². The number of benzene rings is 2. The summed E-state index contributed by atoms with van der Waals surface area (Å²) < 4.78 is 0. The minimum absolute atomic E-state index is 0.291. The van der Waals surface area contributed by atoms with Gasteiger partial charge in [0.1, 0.15) is 11.5 Å². The number of nitrogens with one attached hydrogen (secondary N) is 1. The van der Waals surface area contributed by atoms with Crippen molar-refractivity contribution in [3.63, 3.8) is 0 Å². The van der Waals surface area contributed by atoms with Gasteiger partial charge in [0.2, 0.25) is 0 Å². The van der Waals surface area contributed by atoms with Crippen molar-refractivity contribution < 1.29 is 10.2 Å². The zero-order valence-electron chi connectivity index (χ0n) is 10.6. The molecule has 0 spiro atoms. The molecule has 0 unspecified atom stereocenters. The molecule has 18 heavy (non-hydrogen) atoms. The highest BCUT2D eigenvalue weighted by Gasteiger charge is 2.02. The first kappa shape index (κ1) is 12.3. The average Bonchev–Trinajstić information content (AvgIpc) is 2.34. The van der Waals surface area contributed by atoms with Crippen LogP contribution >= 0.6 is 0 Å². The molecule has 0 aromatic heterocycles. The third-order valence-corrected chi connectivity index (χ3v) is 2.91. The number of rotatable bonds is 3. The van der Waals surface area contributed by atoms with E-state index in [9.17, 15) is 10.2 Å². The van der Waals surface area contributed by atoms with Crippen LogP contribution in [-0.4, -0.2) is 10.2 Å². The molecule has 94 valence electrons. The average molecular weight is 243 g/mol. The van der Waals surface area contributed by atoms with Crippen LogP contribution in [0.3, 0.4) is 0 Å². The predicted octanol–water partition coefficient (Wildman–Crippen LogP) is 3.33. The Morgan fingerprint density at radius 1 is 0.944 bits per heavy atom. The Labute approximate surface area is 107 Å². The van der Waals surface area contributed by atoms with Crippen LogP contribution < -0.4 is 5.32 Å². The molecule has 0 saturated carbocycles. The highest BCUT2D eigenvalue weighted by molar-refractivity contribution is 5.51. The van der Waals surface area contributed by atoms with Gasteiger partial charge < -0.3 is 15.5 Å². The number of hydrogen-bond donors (Lipinski definition) is 3. The van der Waals surface area contributed by atoms with Gasteiger partial charge in [0.05, 0.1) is 0 Å². The minimum atomic E-state index is 0.291. The molecule has 3 N–H and O–H groups in total. The highest BCUT2D eigenvalue weighted by Crippen LogP contribution is 2.23. The van der Waals surface area contributed by atoms with Gasteiger partial charge in [-0.3, -0.25) is 0 Å². The molecule has 2 rings (SSSR count). The van der Waals surface area contributed by atoms with Crippen LogP contribution in [0.1, 0.15) is 16.7 Å². The number of aryl methyl sites for hydroxylation is 2. The Hall–Kier alpha value is -2.16.